The third kappa shape index (κ3) is 3.93. The van der Waals surface area contributed by atoms with Gasteiger partial charge >= 0.3 is 0 Å². The van der Waals surface area contributed by atoms with Crippen molar-refractivity contribution < 1.29 is 9.53 Å². The molecule has 1 spiro atoms. The maximum atomic E-state index is 12.5. The third-order valence-electron chi connectivity index (χ3n) is 6.08. The Morgan fingerprint density at radius 3 is 2.64 bits per heavy atom. The predicted octanol–water partition coefficient (Wildman–Crippen LogP) is 2.33. The molecule has 2 aliphatic heterocycles. The summed E-state index contributed by atoms with van der Waals surface area (Å²) in [4.78, 5) is 29.9. The number of hydrogen-bond donors (Lipinski definition) is 0. The van der Waals surface area contributed by atoms with Gasteiger partial charge in [-0.15, -0.1) is 0 Å². The Kier molecular flexibility index (Phi) is 5.41. The number of methoxy groups -OCH3 is 1. The molecule has 2 aromatic rings. The zero-order valence-electron chi connectivity index (χ0n) is 16.4. The largest absolute Gasteiger partial charge is 0.478 e. The van der Waals surface area contributed by atoms with Gasteiger partial charge in [0.1, 0.15) is 0 Å². The van der Waals surface area contributed by atoms with Crippen LogP contribution in [0.25, 0.3) is 0 Å². The highest BCUT2D eigenvalue weighted by Crippen LogP contribution is 2.41. The average molecular weight is 381 g/mol. The molecule has 0 saturated carbocycles. The molecule has 2 saturated heterocycles. The summed E-state index contributed by atoms with van der Waals surface area (Å²) in [6.45, 7) is 3.43. The van der Waals surface area contributed by atoms with Gasteiger partial charge in [0.2, 0.25) is 5.91 Å². The second kappa shape index (κ2) is 8.12. The number of likely N-dealkylation sites (tertiary alicyclic amines) is 1. The van der Waals surface area contributed by atoms with E-state index in [9.17, 15) is 4.79 Å². The summed E-state index contributed by atoms with van der Waals surface area (Å²) in [6, 6.07) is 5.94. The van der Waals surface area contributed by atoms with Crippen molar-refractivity contribution in [2.45, 2.75) is 32.1 Å². The van der Waals surface area contributed by atoms with E-state index in [4.69, 9.17) is 4.74 Å². The number of anilines is 1. The molecule has 0 N–H and O–H groups in total. The van der Waals surface area contributed by atoms with Crippen molar-refractivity contribution in [2.75, 3.05) is 38.2 Å². The molecule has 4 rings (SSSR count). The van der Waals surface area contributed by atoms with Gasteiger partial charge < -0.3 is 14.5 Å². The molecule has 2 aliphatic rings. The second-order valence-corrected chi connectivity index (χ2v) is 7.76. The molecule has 0 bridgehead atoms. The van der Waals surface area contributed by atoms with Gasteiger partial charge in [-0.1, -0.05) is 6.07 Å². The fourth-order valence-electron chi connectivity index (χ4n) is 4.38. The van der Waals surface area contributed by atoms with Crippen LogP contribution < -0.4 is 9.64 Å². The fourth-order valence-corrected chi connectivity index (χ4v) is 4.38. The van der Waals surface area contributed by atoms with Crippen LogP contribution in [-0.4, -0.2) is 59.0 Å². The van der Waals surface area contributed by atoms with E-state index >= 15 is 0 Å². The Balaban J connectivity index is 1.38. The van der Waals surface area contributed by atoms with Crippen molar-refractivity contribution in [1.82, 2.24) is 19.9 Å². The van der Waals surface area contributed by atoms with Gasteiger partial charge in [-0.25, -0.2) is 9.97 Å². The molecule has 7 nitrogen and oxygen atoms in total. The number of amides is 1. The maximum Gasteiger partial charge on any atom is 0.257 e. The van der Waals surface area contributed by atoms with E-state index in [0.29, 0.717) is 12.3 Å². The molecular weight excluding hydrogens is 354 g/mol. The van der Waals surface area contributed by atoms with E-state index in [0.717, 1.165) is 63.4 Å². The molecular formula is C21H27N5O2. The second-order valence-electron chi connectivity index (χ2n) is 7.76. The summed E-state index contributed by atoms with van der Waals surface area (Å²) in [6.07, 6.45) is 9.73. The van der Waals surface area contributed by atoms with Crippen LogP contribution in [0.1, 0.15) is 31.4 Å². The summed E-state index contributed by atoms with van der Waals surface area (Å²) < 4.78 is 5.37. The van der Waals surface area contributed by atoms with Crippen LogP contribution in [0.3, 0.4) is 0 Å². The van der Waals surface area contributed by atoms with Crippen molar-refractivity contribution in [1.29, 1.82) is 0 Å². The molecule has 1 amide bonds. The molecule has 7 heteroatoms. The highest BCUT2D eigenvalue weighted by Gasteiger charge is 2.41. The number of piperidine rings is 2. The third-order valence-corrected chi connectivity index (χ3v) is 6.08. The standard InChI is InChI=1S/C21H27N5O2/c1-28-20-19(23-11-12-24-20)25-14-8-21(9-15-25)7-5-18(27)26(16-21)13-6-17-4-2-3-10-22-17/h2-4,10-12H,5-9,13-16H2,1H3. The molecule has 0 radical (unpaired) electrons. The highest BCUT2D eigenvalue weighted by atomic mass is 16.5. The first kappa shape index (κ1) is 18.7. The topological polar surface area (TPSA) is 71.5 Å². The van der Waals surface area contributed by atoms with Gasteiger partial charge in [0.15, 0.2) is 5.82 Å². The number of rotatable bonds is 5. The summed E-state index contributed by atoms with van der Waals surface area (Å²) in [7, 11) is 1.63. The molecule has 0 aliphatic carbocycles. The minimum absolute atomic E-state index is 0.212. The van der Waals surface area contributed by atoms with Gasteiger partial charge in [0, 0.05) is 63.3 Å². The minimum atomic E-state index is 0.212. The summed E-state index contributed by atoms with van der Waals surface area (Å²) in [5.41, 5.74) is 1.25. The van der Waals surface area contributed by atoms with Crippen molar-refractivity contribution in [3.8, 4) is 5.88 Å². The first-order chi connectivity index (χ1) is 13.7. The zero-order chi connectivity index (χ0) is 19.4. The monoisotopic (exact) mass is 381 g/mol. The molecule has 0 aromatic carbocycles. The highest BCUT2D eigenvalue weighted by molar-refractivity contribution is 5.77. The summed E-state index contributed by atoms with van der Waals surface area (Å²) in [5, 5.41) is 0. The van der Waals surface area contributed by atoms with Crippen molar-refractivity contribution >= 4 is 11.7 Å². The van der Waals surface area contributed by atoms with Crippen molar-refractivity contribution in [3.63, 3.8) is 0 Å². The number of nitrogens with zero attached hydrogens (tertiary/aromatic N) is 5. The van der Waals surface area contributed by atoms with Crippen LogP contribution in [0, 0.1) is 5.41 Å². The summed E-state index contributed by atoms with van der Waals surface area (Å²) >= 11 is 0. The molecule has 0 atom stereocenters. The van der Waals surface area contributed by atoms with E-state index in [1.165, 1.54) is 0 Å². The molecule has 0 unspecified atom stereocenters. The Bertz CT molecular complexity index is 805. The Morgan fingerprint density at radius 1 is 1.07 bits per heavy atom. The van der Waals surface area contributed by atoms with Crippen LogP contribution in [0.5, 0.6) is 5.88 Å². The van der Waals surface area contributed by atoms with Gasteiger partial charge in [0.25, 0.3) is 5.88 Å². The first-order valence-corrected chi connectivity index (χ1v) is 9.97. The van der Waals surface area contributed by atoms with E-state index in [1.807, 2.05) is 24.4 Å². The Hall–Kier alpha value is -2.70. The van der Waals surface area contributed by atoms with Gasteiger partial charge in [-0.2, -0.15) is 0 Å². The average Bonchev–Trinajstić information content (AvgIpc) is 2.76. The Morgan fingerprint density at radius 2 is 1.89 bits per heavy atom. The van der Waals surface area contributed by atoms with Crippen LogP contribution in [0.4, 0.5) is 5.82 Å². The molecule has 2 aromatic heterocycles. The van der Waals surface area contributed by atoms with E-state index < -0.39 is 0 Å². The lowest BCUT2D eigenvalue weighted by atomic mass is 9.72. The van der Waals surface area contributed by atoms with Crippen LogP contribution in [0.2, 0.25) is 0 Å². The van der Waals surface area contributed by atoms with Gasteiger partial charge in [-0.3, -0.25) is 9.78 Å². The van der Waals surface area contributed by atoms with Crippen molar-refractivity contribution in [2.24, 2.45) is 5.41 Å². The van der Waals surface area contributed by atoms with E-state index in [-0.39, 0.29) is 11.3 Å². The van der Waals surface area contributed by atoms with Crippen LogP contribution >= 0.6 is 0 Å². The number of ether oxygens (including phenoxy) is 1. The molecule has 28 heavy (non-hydrogen) atoms. The number of hydrogen-bond acceptors (Lipinski definition) is 6. The van der Waals surface area contributed by atoms with Crippen molar-refractivity contribution in [3.05, 3.63) is 42.5 Å². The summed E-state index contributed by atoms with van der Waals surface area (Å²) in [5.74, 6) is 1.67. The quantitative estimate of drug-likeness (QED) is 0.792. The number of carbonyl (C=O) groups excluding carboxylic acids is 1. The minimum Gasteiger partial charge on any atom is -0.478 e. The predicted molar refractivity (Wildman–Crippen MR) is 106 cm³/mol. The van der Waals surface area contributed by atoms with Gasteiger partial charge in [-0.05, 0) is 36.8 Å². The van der Waals surface area contributed by atoms with Gasteiger partial charge in [0.05, 0.1) is 7.11 Å². The molecule has 148 valence electrons. The maximum absolute atomic E-state index is 12.5. The lowest BCUT2D eigenvalue weighted by molar-refractivity contribution is -0.138. The smallest absolute Gasteiger partial charge is 0.257 e. The van der Waals surface area contributed by atoms with E-state index in [2.05, 4.69) is 24.8 Å². The lowest BCUT2D eigenvalue weighted by Crippen LogP contribution is -2.52. The SMILES string of the molecule is COc1nccnc1N1CCC2(CCC(=O)N(CCc3ccccn3)C2)CC1. The number of aromatic nitrogens is 3. The number of pyridine rings is 1. The molecule has 2 fully saturated rings. The van der Waals surface area contributed by atoms with Crippen LogP contribution in [-0.2, 0) is 11.2 Å². The number of carbonyl (C=O) groups is 1. The first-order valence-electron chi connectivity index (χ1n) is 9.97. The lowest BCUT2D eigenvalue weighted by Gasteiger charge is -2.47. The van der Waals surface area contributed by atoms with E-state index in [1.54, 1.807) is 19.5 Å². The normalized spacial score (nSPS) is 19.1. The van der Waals surface area contributed by atoms with Crippen LogP contribution in [0.15, 0.2) is 36.8 Å². The zero-order valence-corrected chi connectivity index (χ0v) is 16.4. The fraction of sp³-hybridized carbons (Fsp3) is 0.524. The molecule has 4 heterocycles. The Labute approximate surface area is 165 Å².